The number of carbonyl (C=O) groups excluding carboxylic acids is 1. The summed E-state index contributed by atoms with van der Waals surface area (Å²) in [6, 6.07) is 5.48. The predicted octanol–water partition coefficient (Wildman–Crippen LogP) is 2.74. The Kier molecular flexibility index (Phi) is 3.21. The van der Waals surface area contributed by atoms with Crippen LogP contribution in [0, 0.1) is 24.7 Å². The fraction of sp³-hybridized carbons (Fsp3) is 0.562. The quantitative estimate of drug-likeness (QED) is 0.819. The van der Waals surface area contributed by atoms with Crippen LogP contribution in [-0.2, 0) is 0 Å². The number of anilines is 1. The Hall–Kier alpha value is -1.51. The maximum atomic E-state index is 12.1. The van der Waals surface area contributed by atoms with Crippen LogP contribution < -0.4 is 11.1 Å². The minimum Gasteiger partial charge on any atom is -0.399 e. The van der Waals surface area contributed by atoms with Gasteiger partial charge in [0.05, 0.1) is 0 Å². The van der Waals surface area contributed by atoms with Crippen LogP contribution in [0.1, 0.15) is 41.6 Å². The molecule has 1 amide bonds. The molecule has 3 rings (SSSR count). The molecule has 3 heteroatoms. The van der Waals surface area contributed by atoms with E-state index >= 15 is 0 Å². The maximum absolute atomic E-state index is 12.1. The van der Waals surface area contributed by atoms with Crippen molar-refractivity contribution >= 4 is 11.6 Å². The average molecular weight is 258 g/mol. The van der Waals surface area contributed by atoms with E-state index in [0.717, 1.165) is 35.2 Å². The normalized spacial score (nSPS) is 28.6. The second-order valence-corrected chi connectivity index (χ2v) is 6.22. The summed E-state index contributed by atoms with van der Waals surface area (Å²) in [4.78, 5) is 12.1. The van der Waals surface area contributed by atoms with Gasteiger partial charge in [-0.3, -0.25) is 4.79 Å². The first kappa shape index (κ1) is 12.5. The molecule has 0 spiro atoms. The van der Waals surface area contributed by atoms with Gasteiger partial charge in [0.1, 0.15) is 0 Å². The number of rotatable bonds is 3. The lowest BCUT2D eigenvalue weighted by molar-refractivity contribution is 0.0941. The molecule has 3 unspecified atom stereocenters. The monoisotopic (exact) mass is 258 g/mol. The minimum atomic E-state index is 0.0332. The number of hydrogen-bond acceptors (Lipinski definition) is 2. The summed E-state index contributed by atoms with van der Waals surface area (Å²) < 4.78 is 0. The molecule has 1 aromatic rings. The van der Waals surface area contributed by atoms with Gasteiger partial charge in [0, 0.05) is 17.8 Å². The third kappa shape index (κ3) is 2.46. The molecule has 0 radical (unpaired) electrons. The zero-order valence-electron chi connectivity index (χ0n) is 11.5. The average Bonchev–Trinajstić information content (AvgIpc) is 3.01. The first-order valence-electron chi connectivity index (χ1n) is 7.28. The summed E-state index contributed by atoms with van der Waals surface area (Å²) >= 11 is 0. The Morgan fingerprint density at radius 1 is 1.37 bits per heavy atom. The zero-order valence-corrected chi connectivity index (χ0v) is 11.5. The van der Waals surface area contributed by atoms with Crippen LogP contribution in [0.5, 0.6) is 0 Å². The van der Waals surface area contributed by atoms with Crippen molar-refractivity contribution in [2.75, 3.05) is 12.3 Å². The second-order valence-electron chi connectivity index (χ2n) is 6.22. The van der Waals surface area contributed by atoms with E-state index in [1.807, 2.05) is 19.1 Å². The summed E-state index contributed by atoms with van der Waals surface area (Å²) in [6.07, 6.45) is 5.48. The Morgan fingerprint density at radius 3 is 2.84 bits per heavy atom. The number of fused-ring (bicyclic) bond motifs is 2. The van der Waals surface area contributed by atoms with Crippen molar-refractivity contribution in [3.8, 4) is 0 Å². The minimum absolute atomic E-state index is 0.0332. The number of benzene rings is 1. The lowest BCUT2D eigenvalue weighted by Gasteiger charge is -2.21. The highest BCUT2D eigenvalue weighted by atomic mass is 16.1. The summed E-state index contributed by atoms with van der Waals surface area (Å²) in [7, 11) is 0. The number of nitrogens with one attached hydrogen (secondary N) is 1. The van der Waals surface area contributed by atoms with Gasteiger partial charge in [-0.25, -0.2) is 0 Å². The van der Waals surface area contributed by atoms with E-state index in [9.17, 15) is 4.79 Å². The van der Waals surface area contributed by atoms with Gasteiger partial charge in [-0.1, -0.05) is 6.42 Å². The number of nitrogens with two attached hydrogens (primary N) is 1. The molecule has 2 fully saturated rings. The van der Waals surface area contributed by atoms with Crippen molar-refractivity contribution in [3.05, 3.63) is 29.3 Å². The lowest BCUT2D eigenvalue weighted by atomic mass is 9.89. The van der Waals surface area contributed by atoms with Gasteiger partial charge >= 0.3 is 0 Å². The molecule has 102 valence electrons. The van der Waals surface area contributed by atoms with Gasteiger partial charge in [0.15, 0.2) is 0 Å². The van der Waals surface area contributed by atoms with Crippen molar-refractivity contribution in [1.29, 1.82) is 0 Å². The van der Waals surface area contributed by atoms with E-state index in [1.165, 1.54) is 25.7 Å². The molecule has 19 heavy (non-hydrogen) atoms. The van der Waals surface area contributed by atoms with Crippen molar-refractivity contribution in [1.82, 2.24) is 5.32 Å². The summed E-state index contributed by atoms with van der Waals surface area (Å²) in [5.74, 6) is 2.53. The number of aryl methyl sites for hydroxylation is 1. The second kappa shape index (κ2) is 4.87. The Balaban J connectivity index is 1.57. The van der Waals surface area contributed by atoms with E-state index in [4.69, 9.17) is 5.73 Å². The van der Waals surface area contributed by atoms with Gasteiger partial charge in [0.25, 0.3) is 5.91 Å². The van der Waals surface area contributed by atoms with E-state index in [0.29, 0.717) is 5.92 Å². The zero-order chi connectivity index (χ0) is 13.4. The highest BCUT2D eigenvalue weighted by Crippen LogP contribution is 2.47. The SMILES string of the molecule is Cc1cc(C(=O)NCC2CC3CCC2C3)ccc1N. The molecule has 2 saturated carbocycles. The molecule has 2 aliphatic rings. The van der Waals surface area contributed by atoms with Crippen LogP contribution >= 0.6 is 0 Å². The molecule has 3 atom stereocenters. The predicted molar refractivity (Wildman–Crippen MR) is 76.9 cm³/mol. The van der Waals surface area contributed by atoms with E-state index in [-0.39, 0.29) is 5.91 Å². The van der Waals surface area contributed by atoms with Gasteiger partial charge in [0.2, 0.25) is 0 Å². The molecule has 3 nitrogen and oxygen atoms in total. The van der Waals surface area contributed by atoms with Crippen molar-refractivity contribution < 1.29 is 4.79 Å². The van der Waals surface area contributed by atoms with Gasteiger partial charge in [-0.2, -0.15) is 0 Å². The highest BCUT2D eigenvalue weighted by Gasteiger charge is 2.39. The smallest absolute Gasteiger partial charge is 0.251 e. The van der Waals surface area contributed by atoms with Crippen LogP contribution in [0.25, 0.3) is 0 Å². The van der Waals surface area contributed by atoms with Crippen molar-refractivity contribution in [2.45, 2.75) is 32.6 Å². The molecular weight excluding hydrogens is 236 g/mol. The topological polar surface area (TPSA) is 55.1 Å². The Morgan fingerprint density at radius 2 is 2.21 bits per heavy atom. The molecule has 2 bridgehead atoms. The maximum Gasteiger partial charge on any atom is 0.251 e. The standard InChI is InChI=1S/C16H22N2O/c1-10-6-13(4-5-15(10)17)16(19)18-9-14-8-11-2-3-12(14)7-11/h4-6,11-12,14H,2-3,7-9,17H2,1H3,(H,18,19). The fourth-order valence-corrected chi connectivity index (χ4v) is 3.77. The Bertz CT molecular complexity index is 498. The van der Waals surface area contributed by atoms with Crippen LogP contribution in [0.3, 0.4) is 0 Å². The molecule has 0 heterocycles. The molecular formula is C16H22N2O. The van der Waals surface area contributed by atoms with Crippen molar-refractivity contribution in [2.24, 2.45) is 17.8 Å². The van der Waals surface area contributed by atoms with Crippen LogP contribution in [0.2, 0.25) is 0 Å². The van der Waals surface area contributed by atoms with Crippen molar-refractivity contribution in [3.63, 3.8) is 0 Å². The van der Waals surface area contributed by atoms with E-state index in [1.54, 1.807) is 6.07 Å². The largest absolute Gasteiger partial charge is 0.399 e. The molecule has 2 aliphatic carbocycles. The molecule has 1 aromatic carbocycles. The first-order chi connectivity index (χ1) is 9.13. The van der Waals surface area contributed by atoms with Gasteiger partial charge < -0.3 is 11.1 Å². The molecule has 3 N–H and O–H groups in total. The van der Waals surface area contributed by atoms with Gasteiger partial charge in [-0.15, -0.1) is 0 Å². The number of hydrogen-bond donors (Lipinski definition) is 2. The Labute approximate surface area is 114 Å². The first-order valence-corrected chi connectivity index (χ1v) is 7.28. The van der Waals surface area contributed by atoms with Crippen LogP contribution in [0.4, 0.5) is 5.69 Å². The third-order valence-electron chi connectivity index (χ3n) is 4.94. The fourth-order valence-electron chi connectivity index (χ4n) is 3.77. The third-order valence-corrected chi connectivity index (χ3v) is 4.94. The van der Waals surface area contributed by atoms with E-state index in [2.05, 4.69) is 5.32 Å². The van der Waals surface area contributed by atoms with E-state index < -0.39 is 0 Å². The lowest BCUT2D eigenvalue weighted by Crippen LogP contribution is -2.31. The molecule has 0 aromatic heterocycles. The number of amides is 1. The van der Waals surface area contributed by atoms with Crippen LogP contribution in [-0.4, -0.2) is 12.5 Å². The molecule has 0 saturated heterocycles. The number of nitrogen functional groups attached to an aromatic ring is 1. The number of carbonyl (C=O) groups is 1. The summed E-state index contributed by atoms with van der Waals surface area (Å²) in [6.45, 7) is 2.77. The highest BCUT2D eigenvalue weighted by molar-refractivity contribution is 5.94. The summed E-state index contributed by atoms with van der Waals surface area (Å²) in [5, 5.41) is 3.09. The van der Waals surface area contributed by atoms with Crippen LogP contribution in [0.15, 0.2) is 18.2 Å². The van der Waals surface area contributed by atoms with Gasteiger partial charge in [-0.05, 0) is 67.7 Å². The summed E-state index contributed by atoms with van der Waals surface area (Å²) in [5.41, 5.74) is 8.19. The molecule has 0 aliphatic heterocycles.